The standard InChI is InChI=1S/C22H22ClN3O5/c1-13-7-8-14(2)18(9-13)24-19(27)12-31-22(30)15-10-20(28)26(11-15)25-21(29)16-5-3-4-6-17(16)23/h3-9,15H,10-12H2,1-2H3,(H,24,27)(H,25,29)/t15-/m0/s1. The number of halogens is 1. The van der Waals surface area contributed by atoms with Crippen molar-refractivity contribution in [3.8, 4) is 0 Å². The molecule has 0 saturated carbocycles. The van der Waals surface area contributed by atoms with Gasteiger partial charge in [-0.25, -0.2) is 0 Å². The lowest BCUT2D eigenvalue weighted by Crippen LogP contribution is -2.43. The van der Waals surface area contributed by atoms with Crippen molar-refractivity contribution in [2.45, 2.75) is 20.3 Å². The maximum absolute atomic E-state index is 12.3. The fourth-order valence-electron chi connectivity index (χ4n) is 3.11. The molecule has 31 heavy (non-hydrogen) atoms. The topological polar surface area (TPSA) is 105 Å². The summed E-state index contributed by atoms with van der Waals surface area (Å²) < 4.78 is 5.07. The molecule has 0 unspecified atom stereocenters. The van der Waals surface area contributed by atoms with Crippen LogP contribution in [-0.4, -0.2) is 41.9 Å². The minimum Gasteiger partial charge on any atom is -0.455 e. The molecule has 3 amide bonds. The fraction of sp³-hybridized carbons (Fsp3) is 0.273. The van der Waals surface area contributed by atoms with Gasteiger partial charge in [-0.15, -0.1) is 0 Å². The lowest BCUT2D eigenvalue weighted by molar-refractivity contribution is -0.151. The number of nitrogens with zero attached hydrogens (tertiary/aromatic N) is 1. The highest BCUT2D eigenvalue weighted by Gasteiger charge is 2.37. The van der Waals surface area contributed by atoms with Gasteiger partial charge >= 0.3 is 5.97 Å². The Balaban J connectivity index is 1.51. The van der Waals surface area contributed by atoms with Crippen molar-refractivity contribution in [2.75, 3.05) is 18.5 Å². The summed E-state index contributed by atoms with van der Waals surface area (Å²) in [6.07, 6.45) is -0.125. The molecule has 162 valence electrons. The third-order valence-corrected chi connectivity index (χ3v) is 5.16. The maximum atomic E-state index is 12.3. The number of benzene rings is 2. The van der Waals surface area contributed by atoms with Crippen LogP contribution in [0.15, 0.2) is 42.5 Å². The Bertz CT molecular complexity index is 1040. The Morgan fingerprint density at radius 2 is 1.90 bits per heavy atom. The van der Waals surface area contributed by atoms with Crippen LogP contribution in [0.2, 0.25) is 5.02 Å². The van der Waals surface area contributed by atoms with Crippen molar-refractivity contribution in [3.63, 3.8) is 0 Å². The summed E-state index contributed by atoms with van der Waals surface area (Å²) in [5.74, 6) is -2.93. The van der Waals surface area contributed by atoms with Gasteiger partial charge in [-0.05, 0) is 43.2 Å². The van der Waals surface area contributed by atoms with Gasteiger partial charge in [0, 0.05) is 12.1 Å². The minimum absolute atomic E-state index is 0.0491. The molecule has 0 bridgehead atoms. The molecule has 0 spiro atoms. The first-order valence-corrected chi connectivity index (χ1v) is 10.0. The average Bonchev–Trinajstić information content (AvgIpc) is 3.09. The predicted molar refractivity (Wildman–Crippen MR) is 114 cm³/mol. The fourth-order valence-corrected chi connectivity index (χ4v) is 3.33. The van der Waals surface area contributed by atoms with Gasteiger partial charge in [0.25, 0.3) is 11.8 Å². The minimum atomic E-state index is -0.785. The summed E-state index contributed by atoms with van der Waals surface area (Å²) in [4.78, 5) is 48.9. The second-order valence-corrected chi connectivity index (χ2v) is 7.71. The largest absolute Gasteiger partial charge is 0.455 e. The summed E-state index contributed by atoms with van der Waals surface area (Å²) >= 11 is 5.99. The Kier molecular flexibility index (Phi) is 6.91. The van der Waals surface area contributed by atoms with E-state index in [1.165, 1.54) is 6.07 Å². The van der Waals surface area contributed by atoms with Gasteiger partial charge in [0.15, 0.2) is 6.61 Å². The first-order valence-electron chi connectivity index (χ1n) is 9.64. The summed E-state index contributed by atoms with van der Waals surface area (Å²) in [7, 11) is 0. The van der Waals surface area contributed by atoms with Gasteiger partial charge in [0.05, 0.1) is 23.0 Å². The molecule has 0 aromatic heterocycles. The molecule has 2 N–H and O–H groups in total. The van der Waals surface area contributed by atoms with Crippen LogP contribution in [0, 0.1) is 19.8 Å². The molecule has 1 atom stereocenters. The number of amides is 3. The predicted octanol–water partition coefficient (Wildman–Crippen LogP) is 2.63. The first-order chi connectivity index (χ1) is 14.7. The van der Waals surface area contributed by atoms with Gasteiger partial charge in [-0.1, -0.05) is 35.9 Å². The number of rotatable bonds is 6. The Morgan fingerprint density at radius 3 is 2.65 bits per heavy atom. The normalized spacial score (nSPS) is 15.5. The van der Waals surface area contributed by atoms with Gasteiger partial charge in [-0.2, -0.15) is 0 Å². The zero-order valence-corrected chi connectivity index (χ0v) is 17.9. The SMILES string of the molecule is Cc1ccc(C)c(NC(=O)COC(=O)[C@H]2CC(=O)N(NC(=O)c3ccccc3Cl)C2)c1. The summed E-state index contributed by atoms with van der Waals surface area (Å²) in [6, 6.07) is 12.1. The van der Waals surface area contributed by atoms with Crippen LogP contribution in [0.4, 0.5) is 5.69 Å². The molecule has 1 fully saturated rings. The first kappa shape index (κ1) is 22.3. The lowest BCUT2D eigenvalue weighted by atomic mass is 10.1. The Labute approximate surface area is 184 Å². The number of aryl methyl sites for hydroxylation is 2. The summed E-state index contributed by atoms with van der Waals surface area (Å²) in [6.45, 7) is 3.24. The molecule has 2 aromatic rings. The van der Waals surface area contributed by atoms with Crippen molar-refractivity contribution >= 4 is 41.0 Å². The van der Waals surface area contributed by atoms with E-state index in [2.05, 4.69) is 10.7 Å². The molecule has 9 heteroatoms. The van der Waals surface area contributed by atoms with E-state index in [1.54, 1.807) is 18.2 Å². The zero-order chi connectivity index (χ0) is 22.5. The van der Waals surface area contributed by atoms with Crippen molar-refractivity contribution in [1.82, 2.24) is 10.4 Å². The molecule has 1 aliphatic rings. The van der Waals surface area contributed by atoms with Crippen LogP contribution >= 0.6 is 11.6 Å². The Hall–Kier alpha value is -3.39. The number of hydrogen-bond acceptors (Lipinski definition) is 5. The average molecular weight is 444 g/mol. The number of carbonyl (C=O) groups excluding carboxylic acids is 4. The number of hydrazine groups is 1. The van der Waals surface area contributed by atoms with Crippen molar-refractivity contribution in [1.29, 1.82) is 0 Å². The Morgan fingerprint density at radius 1 is 1.16 bits per heavy atom. The molecule has 1 saturated heterocycles. The highest BCUT2D eigenvalue weighted by atomic mass is 35.5. The molecular weight excluding hydrogens is 422 g/mol. The van der Waals surface area contributed by atoms with Crippen molar-refractivity contribution in [3.05, 3.63) is 64.2 Å². The molecule has 0 radical (unpaired) electrons. The van der Waals surface area contributed by atoms with E-state index in [1.807, 2.05) is 32.0 Å². The van der Waals surface area contributed by atoms with Crippen LogP contribution in [0.3, 0.4) is 0 Å². The monoisotopic (exact) mass is 443 g/mol. The molecular formula is C22H22ClN3O5. The third kappa shape index (κ3) is 5.61. The molecule has 3 rings (SSSR count). The van der Waals surface area contributed by atoms with Gasteiger partial charge in [-0.3, -0.25) is 29.6 Å². The lowest BCUT2D eigenvalue weighted by Gasteiger charge is -2.18. The van der Waals surface area contributed by atoms with E-state index in [4.69, 9.17) is 16.3 Å². The molecule has 1 heterocycles. The van der Waals surface area contributed by atoms with Crippen LogP contribution in [0.25, 0.3) is 0 Å². The van der Waals surface area contributed by atoms with Crippen LogP contribution < -0.4 is 10.7 Å². The molecule has 1 aliphatic heterocycles. The number of carbonyl (C=O) groups is 4. The highest BCUT2D eigenvalue weighted by molar-refractivity contribution is 6.33. The van der Waals surface area contributed by atoms with E-state index in [0.29, 0.717) is 5.69 Å². The van der Waals surface area contributed by atoms with Gasteiger partial charge in [0.1, 0.15) is 0 Å². The van der Waals surface area contributed by atoms with Crippen molar-refractivity contribution < 1.29 is 23.9 Å². The third-order valence-electron chi connectivity index (χ3n) is 4.83. The van der Waals surface area contributed by atoms with E-state index in [9.17, 15) is 19.2 Å². The van der Waals surface area contributed by atoms with Crippen LogP contribution in [-0.2, 0) is 19.1 Å². The van der Waals surface area contributed by atoms with E-state index in [-0.39, 0.29) is 23.6 Å². The second kappa shape index (κ2) is 9.61. The summed E-state index contributed by atoms with van der Waals surface area (Å²) in [5, 5.41) is 4.01. The summed E-state index contributed by atoms with van der Waals surface area (Å²) in [5.41, 5.74) is 5.18. The van der Waals surface area contributed by atoms with E-state index in [0.717, 1.165) is 16.1 Å². The maximum Gasteiger partial charge on any atom is 0.311 e. The highest BCUT2D eigenvalue weighted by Crippen LogP contribution is 2.20. The molecule has 8 nitrogen and oxygen atoms in total. The molecule has 0 aliphatic carbocycles. The second-order valence-electron chi connectivity index (χ2n) is 7.30. The van der Waals surface area contributed by atoms with Crippen molar-refractivity contribution in [2.24, 2.45) is 5.92 Å². The quantitative estimate of drug-likeness (QED) is 0.668. The van der Waals surface area contributed by atoms with Crippen LogP contribution in [0.5, 0.6) is 0 Å². The zero-order valence-electron chi connectivity index (χ0n) is 17.1. The van der Waals surface area contributed by atoms with Gasteiger partial charge in [0.2, 0.25) is 5.91 Å². The smallest absolute Gasteiger partial charge is 0.311 e. The van der Waals surface area contributed by atoms with E-state index >= 15 is 0 Å². The number of hydrogen-bond donors (Lipinski definition) is 2. The molecule has 2 aromatic carbocycles. The number of anilines is 1. The van der Waals surface area contributed by atoms with E-state index < -0.39 is 36.2 Å². The van der Waals surface area contributed by atoms with Gasteiger partial charge < -0.3 is 10.1 Å². The number of nitrogens with one attached hydrogen (secondary N) is 2. The van der Waals surface area contributed by atoms with Crippen LogP contribution in [0.1, 0.15) is 27.9 Å². The number of ether oxygens (including phenoxy) is 1. The number of esters is 1.